The van der Waals surface area contributed by atoms with Crippen LogP contribution < -0.4 is 16.0 Å². The average molecular weight is 286 g/mol. The van der Waals surface area contributed by atoms with E-state index in [1.165, 1.54) is 0 Å². The van der Waals surface area contributed by atoms with Crippen LogP contribution in [0.1, 0.15) is 20.8 Å². The lowest BCUT2D eigenvalue weighted by atomic mass is 10.0. The Labute approximate surface area is 128 Å². The number of para-hydroxylation sites is 1. The van der Waals surface area contributed by atoms with Crippen LogP contribution in [-0.2, 0) is 0 Å². The van der Waals surface area contributed by atoms with Gasteiger partial charge in [-0.3, -0.25) is 4.99 Å². The van der Waals surface area contributed by atoms with E-state index in [2.05, 4.69) is 52.8 Å². The van der Waals surface area contributed by atoms with Crippen molar-refractivity contribution in [3.05, 3.63) is 30.3 Å². The van der Waals surface area contributed by atoms with Gasteiger partial charge in [0.25, 0.3) is 0 Å². The molecule has 21 heavy (non-hydrogen) atoms. The van der Waals surface area contributed by atoms with Crippen LogP contribution in [0.3, 0.4) is 0 Å². The summed E-state index contributed by atoms with van der Waals surface area (Å²) in [5, 5.41) is 9.82. The number of anilines is 1. The second-order valence-corrected chi connectivity index (χ2v) is 5.14. The normalized spacial score (nSPS) is 12.6. The largest absolute Gasteiger partial charge is 0.380 e. The topological polar surface area (TPSA) is 48.5 Å². The number of rotatable bonds is 7. The molecule has 1 unspecified atom stereocenters. The van der Waals surface area contributed by atoms with Crippen LogP contribution in [0.4, 0.5) is 5.69 Å². The van der Waals surface area contributed by atoms with Crippen molar-refractivity contribution in [3.63, 3.8) is 0 Å². The van der Waals surface area contributed by atoms with Crippen LogP contribution >= 0.6 is 0 Å². The van der Waals surface area contributed by atoms with E-state index in [1.807, 2.05) is 25.1 Å². The van der Waals surface area contributed by atoms with Crippen molar-refractivity contribution in [2.24, 2.45) is 10.9 Å². The minimum absolute atomic E-state index is 0.272. The van der Waals surface area contributed by atoms with Gasteiger partial charge in [0.05, 0.1) is 13.1 Å². The molecule has 1 aromatic rings. The molecule has 1 atom stereocenters. The van der Waals surface area contributed by atoms with Crippen molar-refractivity contribution in [2.75, 3.05) is 25.0 Å². The van der Waals surface area contributed by atoms with E-state index in [9.17, 15) is 0 Å². The molecule has 3 N–H and O–H groups in total. The van der Waals surface area contributed by atoms with Gasteiger partial charge < -0.3 is 16.0 Å². The van der Waals surface area contributed by atoms with Gasteiger partial charge in [0, 0.05) is 18.3 Å². The molecule has 0 spiro atoms. The molecule has 0 radical (unpaired) electrons. The summed E-state index contributed by atoms with van der Waals surface area (Å²) < 4.78 is 0. The lowest BCUT2D eigenvalue weighted by Gasteiger charge is -2.22. The lowest BCUT2D eigenvalue weighted by Crippen LogP contribution is -2.39. The molecule has 0 saturated heterocycles. The Balaban J connectivity index is 2.66. The second-order valence-electron chi connectivity index (χ2n) is 5.14. The molecular weight excluding hydrogens is 260 g/mol. The van der Waals surface area contributed by atoms with E-state index in [0.29, 0.717) is 19.0 Å². The van der Waals surface area contributed by atoms with E-state index in [1.54, 1.807) is 0 Å². The maximum absolute atomic E-state index is 5.27. The van der Waals surface area contributed by atoms with E-state index >= 15 is 0 Å². The molecule has 4 heteroatoms. The summed E-state index contributed by atoms with van der Waals surface area (Å²) >= 11 is 0. The smallest absolute Gasteiger partial charge is 0.192 e. The first-order valence-electron chi connectivity index (χ1n) is 7.44. The van der Waals surface area contributed by atoms with Gasteiger partial charge in [-0.05, 0) is 25.0 Å². The SMILES string of the molecule is C#CCNC(=NCC(Nc1ccccc1)C(C)C)NCC. The Bertz CT molecular complexity index is 459. The van der Waals surface area contributed by atoms with Gasteiger partial charge in [0.1, 0.15) is 0 Å². The molecule has 114 valence electrons. The fourth-order valence-electron chi connectivity index (χ4n) is 1.84. The number of hydrogen-bond donors (Lipinski definition) is 3. The highest BCUT2D eigenvalue weighted by atomic mass is 15.2. The Kier molecular flexibility index (Phi) is 7.81. The van der Waals surface area contributed by atoms with Gasteiger partial charge in [0.15, 0.2) is 5.96 Å². The van der Waals surface area contributed by atoms with Crippen LogP contribution in [0, 0.1) is 18.3 Å². The molecule has 4 nitrogen and oxygen atoms in total. The standard InChI is InChI=1S/C17H26N4/c1-5-12-19-17(18-6-2)20-13-16(14(3)4)21-15-10-8-7-9-11-15/h1,7-11,14,16,21H,6,12-13H2,2-4H3,(H2,18,19,20). The number of hydrogen-bond acceptors (Lipinski definition) is 2. The van der Waals surface area contributed by atoms with Gasteiger partial charge in [-0.15, -0.1) is 6.42 Å². The number of terminal acetylenes is 1. The molecule has 0 amide bonds. The molecule has 0 fully saturated rings. The maximum atomic E-state index is 5.27. The summed E-state index contributed by atoms with van der Waals surface area (Å²) in [6.45, 7) is 8.40. The van der Waals surface area contributed by atoms with Crippen molar-refractivity contribution in [1.82, 2.24) is 10.6 Å². The lowest BCUT2D eigenvalue weighted by molar-refractivity contribution is 0.531. The van der Waals surface area contributed by atoms with Crippen molar-refractivity contribution in [2.45, 2.75) is 26.8 Å². The molecule has 0 aliphatic rings. The molecule has 0 bridgehead atoms. The highest BCUT2D eigenvalue weighted by Crippen LogP contribution is 2.12. The first-order chi connectivity index (χ1) is 10.2. The average Bonchev–Trinajstić information content (AvgIpc) is 2.49. The third-order valence-corrected chi connectivity index (χ3v) is 3.08. The summed E-state index contributed by atoms with van der Waals surface area (Å²) in [6.07, 6.45) is 5.27. The quantitative estimate of drug-likeness (QED) is 0.409. The van der Waals surface area contributed by atoms with Gasteiger partial charge in [-0.2, -0.15) is 0 Å². The molecule has 1 aromatic carbocycles. The summed E-state index contributed by atoms with van der Waals surface area (Å²) in [4.78, 5) is 4.61. The van der Waals surface area contributed by atoms with Crippen LogP contribution in [-0.4, -0.2) is 31.6 Å². The van der Waals surface area contributed by atoms with Crippen LogP contribution in [0.15, 0.2) is 35.3 Å². The van der Waals surface area contributed by atoms with Gasteiger partial charge in [-0.25, -0.2) is 0 Å². The maximum Gasteiger partial charge on any atom is 0.192 e. The Morgan fingerprint density at radius 2 is 1.95 bits per heavy atom. The molecule has 0 aliphatic heterocycles. The first kappa shape index (κ1) is 16.9. The molecule has 0 heterocycles. The number of benzene rings is 1. The van der Waals surface area contributed by atoms with E-state index < -0.39 is 0 Å². The summed E-state index contributed by atoms with van der Waals surface area (Å²) in [5.41, 5.74) is 1.12. The van der Waals surface area contributed by atoms with Crippen LogP contribution in [0.2, 0.25) is 0 Å². The minimum Gasteiger partial charge on any atom is -0.380 e. The number of nitrogens with one attached hydrogen (secondary N) is 3. The Morgan fingerprint density at radius 1 is 1.24 bits per heavy atom. The number of aliphatic imine (C=N–C) groups is 1. The minimum atomic E-state index is 0.272. The number of guanidine groups is 1. The van der Waals surface area contributed by atoms with Crippen molar-refractivity contribution in [1.29, 1.82) is 0 Å². The van der Waals surface area contributed by atoms with Crippen molar-refractivity contribution >= 4 is 11.6 Å². The van der Waals surface area contributed by atoms with Gasteiger partial charge in [0.2, 0.25) is 0 Å². The van der Waals surface area contributed by atoms with Gasteiger partial charge in [-0.1, -0.05) is 38.0 Å². The predicted molar refractivity (Wildman–Crippen MR) is 91.5 cm³/mol. The zero-order chi connectivity index (χ0) is 15.5. The molecule has 0 aliphatic carbocycles. The monoisotopic (exact) mass is 286 g/mol. The molecular formula is C17H26N4. The van der Waals surface area contributed by atoms with Gasteiger partial charge >= 0.3 is 0 Å². The summed E-state index contributed by atoms with van der Waals surface area (Å²) in [6, 6.07) is 10.5. The second kappa shape index (κ2) is 9.71. The number of nitrogens with zero attached hydrogens (tertiary/aromatic N) is 1. The van der Waals surface area contributed by atoms with Crippen molar-refractivity contribution in [3.8, 4) is 12.3 Å². The highest BCUT2D eigenvalue weighted by Gasteiger charge is 2.12. The summed E-state index contributed by atoms with van der Waals surface area (Å²) in [7, 11) is 0. The zero-order valence-corrected chi connectivity index (χ0v) is 13.2. The summed E-state index contributed by atoms with van der Waals surface area (Å²) in [5.74, 6) is 3.80. The Hall–Kier alpha value is -2.15. The molecule has 0 saturated carbocycles. The van der Waals surface area contributed by atoms with Crippen LogP contribution in [0.5, 0.6) is 0 Å². The molecule has 0 aromatic heterocycles. The predicted octanol–water partition coefficient (Wildman–Crippen LogP) is 2.31. The molecule has 1 rings (SSSR count). The van der Waals surface area contributed by atoms with E-state index in [0.717, 1.165) is 18.2 Å². The fraction of sp³-hybridized carbons (Fsp3) is 0.471. The fourth-order valence-corrected chi connectivity index (χ4v) is 1.84. The van der Waals surface area contributed by atoms with E-state index in [-0.39, 0.29) is 6.04 Å². The Morgan fingerprint density at radius 3 is 2.52 bits per heavy atom. The van der Waals surface area contributed by atoms with Crippen LogP contribution in [0.25, 0.3) is 0 Å². The van der Waals surface area contributed by atoms with Crippen molar-refractivity contribution < 1.29 is 0 Å². The third kappa shape index (κ3) is 6.71. The van der Waals surface area contributed by atoms with E-state index in [4.69, 9.17) is 6.42 Å². The highest BCUT2D eigenvalue weighted by molar-refractivity contribution is 5.80. The zero-order valence-electron chi connectivity index (χ0n) is 13.2. The first-order valence-corrected chi connectivity index (χ1v) is 7.44. The third-order valence-electron chi connectivity index (χ3n) is 3.08.